The first-order valence-electron chi connectivity index (χ1n) is 6.06. The quantitative estimate of drug-likeness (QED) is 0.854. The second-order valence-corrected chi connectivity index (χ2v) is 4.71. The number of nitrogens with one attached hydrogen (secondary N) is 1. The van der Waals surface area contributed by atoms with Crippen LogP contribution in [0.25, 0.3) is 0 Å². The number of nitrogens with zero attached hydrogens (tertiary/aromatic N) is 2. The van der Waals surface area contributed by atoms with Gasteiger partial charge in [0.2, 0.25) is 5.76 Å². The van der Waals surface area contributed by atoms with E-state index in [0.717, 1.165) is 38.2 Å². The van der Waals surface area contributed by atoms with Crippen LogP contribution < -0.4 is 5.32 Å². The molecule has 1 aromatic rings. The van der Waals surface area contributed by atoms with E-state index in [1.807, 2.05) is 14.0 Å². The summed E-state index contributed by atoms with van der Waals surface area (Å²) in [5.41, 5.74) is 0.739. The molecule has 0 unspecified atom stereocenters. The van der Waals surface area contributed by atoms with Crippen molar-refractivity contribution in [3.63, 3.8) is 0 Å². The first-order chi connectivity index (χ1) is 8.16. The summed E-state index contributed by atoms with van der Waals surface area (Å²) in [4.78, 5) is 13.7. The van der Waals surface area contributed by atoms with Gasteiger partial charge >= 0.3 is 0 Å². The van der Waals surface area contributed by atoms with E-state index >= 15 is 0 Å². The fourth-order valence-corrected chi connectivity index (χ4v) is 2.19. The molecule has 0 spiro atoms. The molecular formula is C12H19N3O2. The molecule has 0 saturated carbocycles. The van der Waals surface area contributed by atoms with Crippen molar-refractivity contribution >= 4 is 5.91 Å². The van der Waals surface area contributed by atoms with Gasteiger partial charge in [-0.25, -0.2) is 0 Å². The summed E-state index contributed by atoms with van der Waals surface area (Å²) in [7, 11) is 1.82. The van der Waals surface area contributed by atoms with Crippen molar-refractivity contribution in [3.8, 4) is 0 Å². The molecule has 0 atom stereocenters. The molecule has 5 heteroatoms. The van der Waals surface area contributed by atoms with Crippen LogP contribution in [0.15, 0.2) is 10.6 Å². The van der Waals surface area contributed by atoms with Crippen LogP contribution in [0, 0.1) is 12.8 Å². The highest BCUT2D eigenvalue weighted by atomic mass is 16.5. The van der Waals surface area contributed by atoms with Crippen LogP contribution in [-0.2, 0) is 0 Å². The van der Waals surface area contributed by atoms with E-state index in [4.69, 9.17) is 4.52 Å². The number of carbonyl (C=O) groups excluding carboxylic acids is 1. The molecule has 1 aliphatic rings. The van der Waals surface area contributed by atoms with E-state index in [9.17, 15) is 4.79 Å². The van der Waals surface area contributed by atoms with Crippen molar-refractivity contribution < 1.29 is 9.32 Å². The lowest BCUT2D eigenvalue weighted by Gasteiger charge is -2.26. The maximum atomic E-state index is 12.0. The number of hydrogen-bond acceptors (Lipinski definition) is 4. The predicted octanol–water partition coefficient (Wildman–Crippen LogP) is 1.05. The average molecular weight is 237 g/mol. The smallest absolute Gasteiger partial charge is 0.292 e. The zero-order valence-corrected chi connectivity index (χ0v) is 10.4. The van der Waals surface area contributed by atoms with Crippen molar-refractivity contribution in [2.75, 3.05) is 26.7 Å². The Morgan fingerprint density at radius 2 is 2.29 bits per heavy atom. The van der Waals surface area contributed by atoms with Crippen LogP contribution in [0.1, 0.15) is 29.1 Å². The third-order valence-corrected chi connectivity index (χ3v) is 3.18. The Kier molecular flexibility index (Phi) is 3.78. The Bertz CT molecular complexity index is 383. The summed E-state index contributed by atoms with van der Waals surface area (Å²) in [6, 6.07) is 1.68. The molecule has 1 amide bonds. The van der Waals surface area contributed by atoms with Crippen LogP contribution in [-0.4, -0.2) is 42.6 Å². The Morgan fingerprint density at radius 3 is 2.88 bits per heavy atom. The average Bonchev–Trinajstić information content (AvgIpc) is 2.76. The molecule has 1 saturated heterocycles. The minimum absolute atomic E-state index is 0.0795. The van der Waals surface area contributed by atoms with Crippen molar-refractivity contribution in [1.82, 2.24) is 15.4 Å². The largest absolute Gasteiger partial charge is 0.351 e. The molecule has 1 N–H and O–H groups in total. The van der Waals surface area contributed by atoms with Crippen molar-refractivity contribution in [1.29, 1.82) is 0 Å². The van der Waals surface area contributed by atoms with Crippen LogP contribution >= 0.6 is 0 Å². The lowest BCUT2D eigenvalue weighted by Crippen LogP contribution is -2.37. The van der Waals surface area contributed by atoms with E-state index < -0.39 is 0 Å². The molecule has 1 aliphatic heterocycles. The summed E-state index contributed by atoms with van der Waals surface area (Å²) in [6.07, 6.45) is 2.26. The second-order valence-electron chi connectivity index (χ2n) is 4.71. The Balaban J connectivity index is 1.90. The van der Waals surface area contributed by atoms with E-state index in [1.165, 1.54) is 0 Å². The normalized spacial score (nSPS) is 17.1. The molecular weight excluding hydrogens is 218 g/mol. The maximum absolute atomic E-state index is 12.0. The zero-order chi connectivity index (χ0) is 12.3. The topological polar surface area (TPSA) is 58.4 Å². The van der Waals surface area contributed by atoms with Crippen molar-refractivity contribution in [2.45, 2.75) is 19.8 Å². The summed E-state index contributed by atoms with van der Waals surface area (Å²) >= 11 is 0. The number of rotatable bonds is 3. The van der Waals surface area contributed by atoms with Gasteiger partial charge in [-0.05, 0) is 38.8 Å². The van der Waals surface area contributed by atoms with E-state index in [-0.39, 0.29) is 5.91 Å². The molecule has 1 aromatic heterocycles. The fraction of sp³-hybridized carbons (Fsp3) is 0.667. The Morgan fingerprint density at radius 1 is 1.59 bits per heavy atom. The SMILES string of the molecule is Cc1cc(C(=O)N(C)CC2CCNCC2)on1. The third kappa shape index (κ3) is 3.06. The van der Waals surface area contributed by atoms with Gasteiger partial charge in [0.25, 0.3) is 5.91 Å². The Labute approximate surface area is 101 Å². The van der Waals surface area contributed by atoms with Crippen molar-refractivity contribution in [2.24, 2.45) is 5.92 Å². The van der Waals surface area contributed by atoms with Gasteiger partial charge in [-0.15, -0.1) is 0 Å². The molecule has 0 bridgehead atoms. The summed E-state index contributed by atoms with van der Waals surface area (Å²) in [6.45, 7) is 4.70. The van der Waals surface area contributed by atoms with Gasteiger partial charge in [-0.2, -0.15) is 0 Å². The summed E-state index contributed by atoms with van der Waals surface area (Å²) < 4.78 is 4.98. The standard InChI is InChI=1S/C12H19N3O2/c1-9-7-11(17-14-9)12(16)15(2)8-10-3-5-13-6-4-10/h7,10,13H,3-6,8H2,1-2H3. The highest BCUT2D eigenvalue weighted by Gasteiger charge is 2.21. The van der Waals surface area contributed by atoms with Crippen molar-refractivity contribution in [3.05, 3.63) is 17.5 Å². The van der Waals surface area contributed by atoms with Crippen LogP contribution in [0.4, 0.5) is 0 Å². The van der Waals surface area contributed by atoms with E-state index in [0.29, 0.717) is 11.7 Å². The van der Waals surface area contributed by atoms with Gasteiger partial charge in [0, 0.05) is 19.7 Å². The van der Waals surface area contributed by atoms with Gasteiger partial charge in [-0.1, -0.05) is 5.16 Å². The minimum Gasteiger partial charge on any atom is -0.351 e. The number of amides is 1. The second kappa shape index (κ2) is 5.31. The fourth-order valence-electron chi connectivity index (χ4n) is 2.19. The molecule has 2 heterocycles. The van der Waals surface area contributed by atoms with Gasteiger partial charge in [0.15, 0.2) is 0 Å². The molecule has 0 radical (unpaired) electrons. The van der Waals surface area contributed by atoms with Crippen LogP contribution in [0.5, 0.6) is 0 Å². The van der Waals surface area contributed by atoms with E-state index in [1.54, 1.807) is 11.0 Å². The van der Waals surface area contributed by atoms with Gasteiger partial charge < -0.3 is 14.7 Å². The molecule has 0 aliphatic carbocycles. The molecule has 94 valence electrons. The Hall–Kier alpha value is -1.36. The predicted molar refractivity (Wildman–Crippen MR) is 63.8 cm³/mol. The van der Waals surface area contributed by atoms with Crippen LogP contribution in [0.2, 0.25) is 0 Å². The van der Waals surface area contributed by atoms with Gasteiger partial charge in [0.1, 0.15) is 0 Å². The summed E-state index contributed by atoms with van der Waals surface area (Å²) in [5.74, 6) is 0.845. The molecule has 5 nitrogen and oxygen atoms in total. The molecule has 17 heavy (non-hydrogen) atoms. The lowest BCUT2D eigenvalue weighted by atomic mass is 9.97. The highest BCUT2D eigenvalue weighted by Crippen LogP contribution is 2.14. The number of piperidine rings is 1. The lowest BCUT2D eigenvalue weighted by molar-refractivity contribution is 0.0721. The minimum atomic E-state index is -0.0795. The molecule has 2 rings (SSSR count). The monoisotopic (exact) mass is 237 g/mol. The van der Waals surface area contributed by atoms with Gasteiger partial charge in [0.05, 0.1) is 5.69 Å². The third-order valence-electron chi connectivity index (χ3n) is 3.18. The molecule has 0 aromatic carbocycles. The first-order valence-corrected chi connectivity index (χ1v) is 6.06. The number of carbonyl (C=O) groups is 1. The summed E-state index contributed by atoms with van der Waals surface area (Å²) in [5, 5.41) is 7.05. The first kappa shape index (κ1) is 12.1. The molecule has 1 fully saturated rings. The zero-order valence-electron chi connectivity index (χ0n) is 10.4. The maximum Gasteiger partial charge on any atom is 0.292 e. The van der Waals surface area contributed by atoms with Gasteiger partial charge in [-0.3, -0.25) is 4.79 Å². The van der Waals surface area contributed by atoms with E-state index in [2.05, 4.69) is 10.5 Å². The number of aromatic nitrogens is 1. The van der Waals surface area contributed by atoms with Crippen LogP contribution in [0.3, 0.4) is 0 Å². The highest BCUT2D eigenvalue weighted by molar-refractivity contribution is 5.91. The number of hydrogen-bond donors (Lipinski definition) is 1. The number of aryl methyl sites for hydroxylation is 1.